The van der Waals surface area contributed by atoms with Gasteiger partial charge in [-0.3, -0.25) is 4.79 Å². The Morgan fingerprint density at radius 1 is 1.22 bits per heavy atom. The Morgan fingerprint density at radius 3 is 2.56 bits per heavy atom. The molecule has 98 valence electrons. The van der Waals surface area contributed by atoms with E-state index in [1.165, 1.54) is 0 Å². The van der Waals surface area contributed by atoms with Gasteiger partial charge in [0.05, 0.1) is 5.56 Å². The molecule has 0 unspecified atom stereocenters. The topological polar surface area (TPSA) is 55.1 Å². The standard InChI is InChI=1S/C13H16Br2N2O/c14-8-1-6-12(15)11(7-8)13(18)17-10-4-2-9(16)3-5-10/h1,6-7,9-10H,2-5,16H2,(H,17,18). The zero-order valence-corrected chi connectivity index (χ0v) is 13.1. The van der Waals surface area contributed by atoms with Crippen molar-refractivity contribution in [3.63, 3.8) is 0 Å². The van der Waals surface area contributed by atoms with Gasteiger partial charge in [-0.15, -0.1) is 0 Å². The van der Waals surface area contributed by atoms with Crippen molar-refractivity contribution in [2.75, 3.05) is 0 Å². The lowest BCUT2D eigenvalue weighted by Crippen LogP contribution is -2.40. The highest BCUT2D eigenvalue weighted by molar-refractivity contribution is 9.11. The summed E-state index contributed by atoms with van der Waals surface area (Å²) in [6.07, 6.45) is 3.92. The Balaban J connectivity index is 2.01. The van der Waals surface area contributed by atoms with E-state index in [0.29, 0.717) is 11.6 Å². The van der Waals surface area contributed by atoms with Crippen molar-refractivity contribution in [3.05, 3.63) is 32.7 Å². The van der Waals surface area contributed by atoms with E-state index in [9.17, 15) is 4.79 Å². The van der Waals surface area contributed by atoms with Gasteiger partial charge in [0.2, 0.25) is 0 Å². The van der Waals surface area contributed by atoms with Crippen LogP contribution in [0.3, 0.4) is 0 Å². The quantitative estimate of drug-likeness (QED) is 0.833. The summed E-state index contributed by atoms with van der Waals surface area (Å²) in [4.78, 5) is 12.2. The molecule has 1 saturated carbocycles. The van der Waals surface area contributed by atoms with Gasteiger partial charge in [0.25, 0.3) is 5.91 Å². The molecule has 2 rings (SSSR count). The molecule has 0 aromatic heterocycles. The monoisotopic (exact) mass is 374 g/mol. The van der Waals surface area contributed by atoms with Crippen LogP contribution in [-0.4, -0.2) is 18.0 Å². The van der Waals surface area contributed by atoms with Crippen molar-refractivity contribution in [3.8, 4) is 0 Å². The molecule has 0 radical (unpaired) electrons. The van der Waals surface area contributed by atoms with Crippen LogP contribution in [-0.2, 0) is 0 Å². The number of hydrogen-bond donors (Lipinski definition) is 2. The number of halogens is 2. The first-order valence-corrected chi connectivity index (χ1v) is 7.66. The van der Waals surface area contributed by atoms with E-state index in [0.717, 1.165) is 34.6 Å². The van der Waals surface area contributed by atoms with Gasteiger partial charge in [0.15, 0.2) is 0 Å². The molecule has 0 aliphatic heterocycles. The smallest absolute Gasteiger partial charge is 0.252 e. The highest BCUT2D eigenvalue weighted by Gasteiger charge is 2.21. The minimum atomic E-state index is -0.0244. The molecule has 0 atom stereocenters. The van der Waals surface area contributed by atoms with Gasteiger partial charge >= 0.3 is 0 Å². The average Bonchev–Trinajstić information content (AvgIpc) is 2.35. The largest absolute Gasteiger partial charge is 0.349 e. The van der Waals surface area contributed by atoms with Crippen LogP contribution in [0.4, 0.5) is 0 Å². The molecule has 18 heavy (non-hydrogen) atoms. The molecular formula is C13H16Br2N2O. The second-order valence-corrected chi connectivity index (χ2v) is 6.48. The second kappa shape index (κ2) is 6.17. The first kappa shape index (κ1) is 14.0. The van der Waals surface area contributed by atoms with E-state index in [-0.39, 0.29) is 11.9 Å². The zero-order valence-electron chi connectivity index (χ0n) is 9.96. The molecule has 3 nitrogen and oxygen atoms in total. The van der Waals surface area contributed by atoms with Crippen molar-refractivity contribution in [1.82, 2.24) is 5.32 Å². The zero-order chi connectivity index (χ0) is 13.1. The molecule has 1 amide bonds. The summed E-state index contributed by atoms with van der Waals surface area (Å²) in [5.41, 5.74) is 6.52. The summed E-state index contributed by atoms with van der Waals surface area (Å²) in [6.45, 7) is 0. The molecule has 1 aliphatic rings. The minimum absolute atomic E-state index is 0.0244. The Labute approximate surface area is 124 Å². The normalized spacial score (nSPS) is 23.7. The van der Waals surface area contributed by atoms with E-state index in [2.05, 4.69) is 37.2 Å². The van der Waals surface area contributed by atoms with Crippen LogP contribution in [0.5, 0.6) is 0 Å². The number of amides is 1. The number of benzene rings is 1. The second-order valence-electron chi connectivity index (χ2n) is 4.71. The summed E-state index contributed by atoms with van der Waals surface area (Å²) < 4.78 is 1.72. The summed E-state index contributed by atoms with van der Waals surface area (Å²) >= 11 is 6.78. The maximum absolute atomic E-state index is 12.2. The third kappa shape index (κ3) is 3.56. The molecule has 5 heteroatoms. The molecule has 0 spiro atoms. The van der Waals surface area contributed by atoms with Gasteiger partial charge in [-0.25, -0.2) is 0 Å². The number of hydrogen-bond acceptors (Lipinski definition) is 2. The van der Waals surface area contributed by atoms with Crippen LogP contribution in [0.2, 0.25) is 0 Å². The Hall–Kier alpha value is -0.390. The van der Waals surface area contributed by atoms with Crippen molar-refractivity contribution < 1.29 is 4.79 Å². The van der Waals surface area contributed by atoms with Crippen LogP contribution in [0.25, 0.3) is 0 Å². The van der Waals surface area contributed by atoms with Crippen molar-refractivity contribution >= 4 is 37.8 Å². The molecular weight excluding hydrogens is 360 g/mol. The first-order chi connectivity index (χ1) is 8.56. The maximum Gasteiger partial charge on any atom is 0.252 e. The van der Waals surface area contributed by atoms with E-state index < -0.39 is 0 Å². The third-order valence-corrected chi connectivity index (χ3v) is 4.46. The predicted molar refractivity (Wildman–Crippen MR) is 79.5 cm³/mol. The molecule has 1 aromatic rings. The fraction of sp³-hybridized carbons (Fsp3) is 0.462. The lowest BCUT2D eigenvalue weighted by molar-refractivity contribution is 0.0925. The Bertz CT molecular complexity index is 443. The highest BCUT2D eigenvalue weighted by Crippen LogP contribution is 2.23. The van der Waals surface area contributed by atoms with Gasteiger partial charge in [0, 0.05) is 21.0 Å². The number of nitrogens with one attached hydrogen (secondary N) is 1. The third-order valence-electron chi connectivity index (χ3n) is 3.28. The van der Waals surface area contributed by atoms with Crippen LogP contribution < -0.4 is 11.1 Å². The highest BCUT2D eigenvalue weighted by atomic mass is 79.9. The summed E-state index contributed by atoms with van der Waals surface area (Å²) in [7, 11) is 0. The van der Waals surface area contributed by atoms with Gasteiger partial charge in [-0.1, -0.05) is 15.9 Å². The number of carbonyl (C=O) groups is 1. The van der Waals surface area contributed by atoms with Crippen LogP contribution in [0, 0.1) is 0 Å². The summed E-state index contributed by atoms with van der Waals surface area (Å²) in [6, 6.07) is 6.16. The lowest BCUT2D eigenvalue weighted by atomic mass is 9.91. The van der Waals surface area contributed by atoms with Crippen molar-refractivity contribution in [2.24, 2.45) is 5.73 Å². The number of carbonyl (C=O) groups excluding carboxylic acids is 1. The first-order valence-electron chi connectivity index (χ1n) is 6.08. The predicted octanol–water partition coefficient (Wildman–Crippen LogP) is 3.21. The fourth-order valence-corrected chi connectivity index (χ4v) is 2.99. The number of nitrogens with two attached hydrogens (primary N) is 1. The molecule has 0 bridgehead atoms. The van der Waals surface area contributed by atoms with Crippen molar-refractivity contribution in [1.29, 1.82) is 0 Å². The van der Waals surface area contributed by atoms with Crippen LogP contribution in [0.1, 0.15) is 36.0 Å². The van der Waals surface area contributed by atoms with E-state index in [1.54, 1.807) is 0 Å². The molecule has 1 aliphatic carbocycles. The molecule has 1 fully saturated rings. The molecule has 1 aromatic carbocycles. The van der Waals surface area contributed by atoms with E-state index >= 15 is 0 Å². The van der Waals surface area contributed by atoms with E-state index in [4.69, 9.17) is 5.73 Å². The Morgan fingerprint density at radius 2 is 1.89 bits per heavy atom. The van der Waals surface area contributed by atoms with Crippen molar-refractivity contribution in [2.45, 2.75) is 37.8 Å². The van der Waals surface area contributed by atoms with E-state index in [1.807, 2.05) is 18.2 Å². The molecule has 0 saturated heterocycles. The molecule has 0 heterocycles. The van der Waals surface area contributed by atoms with Gasteiger partial charge in [-0.05, 0) is 59.8 Å². The van der Waals surface area contributed by atoms with Crippen LogP contribution >= 0.6 is 31.9 Å². The lowest BCUT2D eigenvalue weighted by Gasteiger charge is -2.27. The van der Waals surface area contributed by atoms with Gasteiger partial charge in [-0.2, -0.15) is 0 Å². The minimum Gasteiger partial charge on any atom is -0.349 e. The van der Waals surface area contributed by atoms with Gasteiger partial charge < -0.3 is 11.1 Å². The summed E-state index contributed by atoms with van der Waals surface area (Å²) in [5, 5.41) is 3.08. The summed E-state index contributed by atoms with van der Waals surface area (Å²) in [5.74, 6) is -0.0244. The number of rotatable bonds is 2. The Kier molecular flexibility index (Phi) is 4.81. The molecule has 3 N–H and O–H groups in total. The fourth-order valence-electron chi connectivity index (χ4n) is 2.20. The maximum atomic E-state index is 12.2. The van der Waals surface area contributed by atoms with Gasteiger partial charge in [0.1, 0.15) is 0 Å². The van der Waals surface area contributed by atoms with Crippen LogP contribution in [0.15, 0.2) is 27.1 Å². The average molecular weight is 376 g/mol. The SMILES string of the molecule is NC1CCC(NC(=O)c2cc(Br)ccc2Br)CC1.